The van der Waals surface area contributed by atoms with E-state index in [0.29, 0.717) is 18.4 Å². The van der Waals surface area contributed by atoms with Crippen LogP contribution in [0.3, 0.4) is 0 Å². The molecule has 0 aliphatic heterocycles. The van der Waals surface area contributed by atoms with Gasteiger partial charge in [-0.25, -0.2) is 9.97 Å². The molecule has 18 heavy (non-hydrogen) atoms. The van der Waals surface area contributed by atoms with Crippen LogP contribution in [0.2, 0.25) is 0 Å². The number of hydrogen-bond donors (Lipinski definition) is 0. The third-order valence-corrected chi connectivity index (χ3v) is 3.15. The quantitative estimate of drug-likeness (QED) is 0.719. The van der Waals surface area contributed by atoms with Crippen molar-refractivity contribution in [1.29, 1.82) is 0 Å². The van der Waals surface area contributed by atoms with Gasteiger partial charge in [-0.15, -0.1) is 11.3 Å². The van der Waals surface area contributed by atoms with Gasteiger partial charge < -0.3 is 9.15 Å². The molecular formula is C13H10N2O2S. The van der Waals surface area contributed by atoms with Crippen molar-refractivity contribution in [3.8, 4) is 16.6 Å². The summed E-state index contributed by atoms with van der Waals surface area (Å²) in [5.74, 6) is 1.21. The van der Waals surface area contributed by atoms with Gasteiger partial charge in [-0.3, -0.25) is 0 Å². The molecule has 0 saturated heterocycles. The van der Waals surface area contributed by atoms with Gasteiger partial charge in [0.1, 0.15) is 18.6 Å². The monoisotopic (exact) mass is 258 g/mol. The van der Waals surface area contributed by atoms with E-state index < -0.39 is 0 Å². The first-order chi connectivity index (χ1) is 8.92. The molecule has 0 saturated carbocycles. The Hall–Kier alpha value is -2.14. The summed E-state index contributed by atoms with van der Waals surface area (Å²) in [7, 11) is 0. The first kappa shape index (κ1) is 11.0. The Kier molecular flexibility index (Phi) is 3.06. The summed E-state index contributed by atoms with van der Waals surface area (Å²) >= 11 is 1.59. The third-order valence-electron chi connectivity index (χ3n) is 2.29. The molecule has 0 N–H and O–H groups in total. The highest BCUT2D eigenvalue weighted by Gasteiger charge is 2.07. The average Bonchev–Trinajstić information content (AvgIpc) is 3.08. The lowest BCUT2D eigenvalue weighted by Crippen LogP contribution is -1.96. The molecule has 0 bridgehead atoms. The fourth-order valence-electron chi connectivity index (χ4n) is 1.47. The van der Waals surface area contributed by atoms with Crippen molar-refractivity contribution in [1.82, 2.24) is 9.97 Å². The van der Waals surface area contributed by atoms with Crippen molar-refractivity contribution in [3.63, 3.8) is 0 Å². The van der Waals surface area contributed by atoms with Gasteiger partial charge in [0, 0.05) is 12.3 Å². The van der Waals surface area contributed by atoms with Crippen LogP contribution in [-0.4, -0.2) is 9.97 Å². The zero-order valence-corrected chi connectivity index (χ0v) is 10.3. The van der Waals surface area contributed by atoms with Crippen molar-refractivity contribution in [2.75, 3.05) is 0 Å². The second-order valence-corrected chi connectivity index (χ2v) is 4.53. The number of oxazole rings is 1. The van der Waals surface area contributed by atoms with E-state index in [0.717, 1.165) is 10.6 Å². The van der Waals surface area contributed by atoms with Crippen LogP contribution in [0.5, 0.6) is 5.88 Å². The molecule has 0 spiro atoms. The Bertz CT molecular complexity index is 605. The second kappa shape index (κ2) is 5.01. The number of ether oxygens (including phenoxy) is 1. The summed E-state index contributed by atoms with van der Waals surface area (Å²) in [5, 5.41) is 1.99. The normalized spacial score (nSPS) is 10.4. The largest absolute Gasteiger partial charge is 0.471 e. The fraction of sp³-hybridized carbons (Fsp3) is 0.0769. The zero-order chi connectivity index (χ0) is 12.2. The summed E-state index contributed by atoms with van der Waals surface area (Å²) in [4.78, 5) is 9.44. The SMILES string of the molecule is c1ccc(OCc2coc(-c3cccs3)n2)nc1. The lowest BCUT2D eigenvalue weighted by Gasteiger charge is -2.00. The lowest BCUT2D eigenvalue weighted by atomic mass is 10.4. The molecule has 90 valence electrons. The number of pyridine rings is 1. The van der Waals surface area contributed by atoms with Crippen LogP contribution in [0.4, 0.5) is 0 Å². The van der Waals surface area contributed by atoms with Crippen LogP contribution >= 0.6 is 11.3 Å². The van der Waals surface area contributed by atoms with Crippen LogP contribution in [0.1, 0.15) is 5.69 Å². The highest BCUT2D eigenvalue weighted by Crippen LogP contribution is 2.23. The molecule has 0 radical (unpaired) electrons. The van der Waals surface area contributed by atoms with E-state index in [1.807, 2.05) is 29.6 Å². The highest BCUT2D eigenvalue weighted by molar-refractivity contribution is 7.13. The van der Waals surface area contributed by atoms with Crippen molar-refractivity contribution >= 4 is 11.3 Å². The molecule has 0 unspecified atom stereocenters. The van der Waals surface area contributed by atoms with E-state index in [-0.39, 0.29) is 0 Å². The number of thiophene rings is 1. The third kappa shape index (κ3) is 2.41. The fourth-order valence-corrected chi connectivity index (χ4v) is 2.12. The van der Waals surface area contributed by atoms with E-state index in [2.05, 4.69) is 9.97 Å². The Balaban J connectivity index is 1.68. The predicted molar refractivity (Wildman–Crippen MR) is 68.4 cm³/mol. The first-order valence-electron chi connectivity index (χ1n) is 5.44. The van der Waals surface area contributed by atoms with Crippen molar-refractivity contribution in [2.45, 2.75) is 6.61 Å². The van der Waals surface area contributed by atoms with Crippen molar-refractivity contribution < 1.29 is 9.15 Å². The van der Waals surface area contributed by atoms with E-state index in [1.54, 1.807) is 29.9 Å². The molecule has 4 nitrogen and oxygen atoms in total. The minimum Gasteiger partial charge on any atom is -0.471 e. The van der Waals surface area contributed by atoms with Crippen LogP contribution in [0.15, 0.2) is 52.6 Å². The molecule has 0 aliphatic rings. The summed E-state index contributed by atoms with van der Waals surface area (Å²) in [6.45, 7) is 0.353. The van der Waals surface area contributed by atoms with Gasteiger partial charge in [-0.05, 0) is 17.5 Å². The molecule has 3 heterocycles. The predicted octanol–water partition coefficient (Wildman–Crippen LogP) is 3.38. The van der Waals surface area contributed by atoms with E-state index in [1.165, 1.54) is 0 Å². The average molecular weight is 258 g/mol. The van der Waals surface area contributed by atoms with Gasteiger partial charge in [-0.1, -0.05) is 12.1 Å². The topological polar surface area (TPSA) is 48.2 Å². The Morgan fingerprint density at radius 2 is 2.22 bits per heavy atom. The molecule has 0 aliphatic carbocycles. The molecule has 3 aromatic rings. The van der Waals surface area contributed by atoms with E-state index in [9.17, 15) is 0 Å². The van der Waals surface area contributed by atoms with Gasteiger partial charge in [-0.2, -0.15) is 0 Å². The maximum absolute atomic E-state index is 5.49. The standard InChI is InChI=1S/C13H10N2O2S/c1-2-6-14-12(5-1)16-8-10-9-17-13(15-10)11-4-3-7-18-11/h1-7,9H,8H2. The molecule has 3 aromatic heterocycles. The number of nitrogens with zero attached hydrogens (tertiary/aromatic N) is 2. The maximum Gasteiger partial charge on any atom is 0.236 e. The van der Waals surface area contributed by atoms with Crippen molar-refractivity contribution in [3.05, 3.63) is 53.9 Å². The van der Waals surface area contributed by atoms with E-state index in [4.69, 9.17) is 9.15 Å². The maximum atomic E-state index is 5.49. The first-order valence-corrected chi connectivity index (χ1v) is 6.32. The highest BCUT2D eigenvalue weighted by atomic mass is 32.1. The zero-order valence-electron chi connectivity index (χ0n) is 9.45. The van der Waals surface area contributed by atoms with Crippen LogP contribution in [0, 0.1) is 0 Å². The minimum atomic E-state index is 0.353. The Morgan fingerprint density at radius 1 is 1.22 bits per heavy atom. The van der Waals surface area contributed by atoms with Gasteiger partial charge in [0.25, 0.3) is 0 Å². The number of hydrogen-bond acceptors (Lipinski definition) is 5. The molecule has 0 atom stereocenters. The summed E-state index contributed by atoms with van der Waals surface area (Å²) in [6.07, 6.45) is 3.30. The summed E-state index contributed by atoms with van der Waals surface area (Å²) in [5.41, 5.74) is 0.754. The molecule has 0 aromatic carbocycles. The molecule has 0 amide bonds. The molecular weight excluding hydrogens is 248 g/mol. The minimum absolute atomic E-state index is 0.353. The summed E-state index contributed by atoms with van der Waals surface area (Å²) < 4.78 is 10.9. The summed E-state index contributed by atoms with van der Waals surface area (Å²) in [6, 6.07) is 9.47. The smallest absolute Gasteiger partial charge is 0.236 e. The van der Waals surface area contributed by atoms with Crippen molar-refractivity contribution in [2.24, 2.45) is 0 Å². The number of aromatic nitrogens is 2. The van der Waals surface area contributed by atoms with Gasteiger partial charge in [0.2, 0.25) is 11.8 Å². The molecule has 5 heteroatoms. The van der Waals surface area contributed by atoms with E-state index >= 15 is 0 Å². The van der Waals surface area contributed by atoms with Crippen LogP contribution in [0.25, 0.3) is 10.8 Å². The van der Waals surface area contributed by atoms with Gasteiger partial charge in [0.15, 0.2) is 0 Å². The Morgan fingerprint density at radius 3 is 3.00 bits per heavy atom. The molecule has 0 fully saturated rings. The van der Waals surface area contributed by atoms with Crippen LogP contribution < -0.4 is 4.74 Å². The molecule has 3 rings (SSSR count). The van der Waals surface area contributed by atoms with Gasteiger partial charge >= 0.3 is 0 Å². The number of rotatable bonds is 4. The van der Waals surface area contributed by atoms with Crippen LogP contribution in [-0.2, 0) is 6.61 Å². The second-order valence-electron chi connectivity index (χ2n) is 3.58. The lowest BCUT2D eigenvalue weighted by molar-refractivity contribution is 0.289. The Labute approximate surface area is 108 Å². The van der Waals surface area contributed by atoms with Gasteiger partial charge in [0.05, 0.1) is 4.88 Å².